The van der Waals surface area contributed by atoms with Crippen molar-refractivity contribution in [1.29, 1.82) is 0 Å². The Kier molecular flexibility index (Phi) is 3.87. The van der Waals surface area contributed by atoms with Gasteiger partial charge in [0.2, 0.25) is 6.79 Å². The van der Waals surface area contributed by atoms with Gasteiger partial charge in [-0.05, 0) is 24.7 Å². The van der Waals surface area contributed by atoms with Gasteiger partial charge in [-0.25, -0.2) is 0 Å². The SMILES string of the molecule is CN(Cc1ccc2c(c1)OCO2)CC1CNCCO1. The first-order valence-electron chi connectivity index (χ1n) is 6.70. The van der Waals surface area contributed by atoms with E-state index in [0.717, 1.165) is 44.3 Å². The number of hydrogen-bond donors (Lipinski definition) is 1. The Morgan fingerprint density at radius 3 is 3.05 bits per heavy atom. The molecule has 0 aromatic heterocycles. The summed E-state index contributed by atoms with van der Waals surface area (Å²) in [7, 11) is 2.11. The molecule has 19 heavy (non-hydrogen) atoms. The molecule has 5 nitrogen and oxygen atoms in total. The molecule has 3 rings (SSSR count). The maximum atomic E-state index is 5.71. The standard InChI is InChI=1S/C14H20N2O3/c1-16(9-12-7-15-4-5-17-12)8-11-2-3-13-14(6-11)19-10-18-13/h2-3,6,12,15H,4-5,7-10H2,1H3. The molecule has 2 heterocycles. The van der Waals surface area contributed by atoms with Crippen molar-refractivity contribution in [3.63, 3.8) is 0 Å². The molecule has 1 saturated heterocycles. The van der Waals surface area contributed by atoms with Crippen molar-refractivity contribution in [1.82, 2.24) is 10.2 Å². The minimum atomic E-state index is 0.285. The smallest absolute Gasteiger partial charge is 0.231 e. The first kappa shape index (κ1) is 12.7. The second kappa shape index (κ2) is 5.77. The first-order chi connectivity index (χ1) is 9.31. The lowest BCUT2D eigenvalue weighted by molar-refractivity contribution is 0.00884. The molecule has 0 amide bonds. The lowest BCUT2D eigenvalue weighted by atomic mass is 10.2. The Hall–Kier alpha value is -1.30. The molecule has 1 unspecified atom stereocenters. The minimum absolute atomic E-state index is 0.285. The third-order valence-corrected chi connectivity index (χ3v) is 3.41. The molecule has 1 atom stereocenters. The molecule has 1 N–H and O–H groups in total. The van der Waals surface area contributed by atoms with E-state index in [9.17, 15) is 0 Å². The molecule has 0 aliphatic carbocycles. The quantitative estimate of drug-likeness (QED) is 0.873. The predicted molar refractivity (Wildman–Crippen MR) is 71.5 cm³/mol. The lowest BCUT2D eigenvalue weighted by Gasteiger charge is -2.28. The van der Waals surface area contributed by atoms with Crippen molar-refractivity contribution in [3.05, 3.63) is 23.8 Å². The van der Waals surface area contributed by atoms with E-state index in [0.29, 0.717) is 6.79 Å². The third-order valence-electron chi connectivity index (χ3n) is 3.41. The molecule has 1 fully saturated rings. The van der Waals surface area contributed by atoms with Crippen LogP contribution in [0.4, 0.5) is 0 Å². The fourth-order valence-corrected chi connectivity index (χ4v) is 2.50. The molecule has 104 valence electrons. The second-order valence-corrected chi connectivity index (χ2v) is 5.08. The van der Waals surface area contributed by atoms with Gasteiger partial charge in [-0.3, -0.25) is 4.90 Å². The molecular weight excluding hydrogens is 244 g/mol. The average Bonchev–Trinajstić information content (AvgIpc) is 2.87. The summed E-state index contributed by atoms with van der Waals surface area (Å²) in [5.41, 5.74) is 1.23. The van der Waals surface area contributed by atoms with Gasteiger partial charge in [0.05, 0.1) is 12.7 Å². The van der Waals surface area contributed by atoms with Crippen LogP contribution in [0.15, 0.2) is 18.2 Å². The maximum absolute atomic E-state index is 5.71. The van der Waals surface area contributed by atoms with Crippen LogP contribution in [-0.2, 0) is 11.3 Å². The predicted octanol–water partition coefficient (Wildman–Crippen LogP) is 0.835. The largest absolute Gasteiger partial charge is 0.454 e. The fourth-order valence-electron chi connectivity index (χ4n) is 2.50. The number of benzene rings is 1. The van der Waals surface area contributed by atoms with E-state index in [1.807, 2.05) is 6.07 Å². The summed E-state index contributed by atoms with van der Waals surface area (Å²) in [5, 5.41) is 3.35. The summed E-state index contributed by atoms with van der Waals surface area (Å²) in [6.07, 6.45) is 0.285. The normalized spacial score (nSPS) is 21.9. The van der Waals surface area contributed by atoms with Crippen molar-refractivity contribution in [2.75, 3.05) is 40.1 Å². The molecule has 0 bridgehead atoms. The van der Waals surface area contributed by atoms with Gasteiger partial charge in [-0.15, -0.1) is 0 Å². The zero-order valence-corrected chi connectivity index (χ0v) is 11.2. The van der Waals surface area contributed by atoms with Gasteiger partial charge in [0.15, 0.2) is 11.5 Å². The fraction of sp³-hybridized carbons (Fsp3) is 0.571. The highest BCUT2D eigenvalue weighted by molar-refractivity contribution is 5.44. The van der Waals surface area contributed by atoms with Crippen LogP contribution in [-0.4, -0.2) is 51.1 Å². The van der Waals surface area contributed by atoms with Gasteiger partial charge in [0.1, 0.15) is 0 Å². The van der Waals surface area contributed by atoms with Crippen molar-refractivity contribution < 1.29 is 14.2 Å². The zero-order chi connectivity index (χ0) is 13.1. The van der Waals surface area contributed by atoms with Gasteiger partial charge in [0.25, 0.3) is 0 Å². The Labute approximate surface area is 113 Å². The molecule has 2 aliphatic heterocycles. The minimum Gasteiger partial charge on any atom is -0.454 e. The van der Waals surface area contributed by atoms with E-state index in [1.165, 1.54) is 5.56 Å². The molecule has 1 aromatic carbocycles. The summed E-state index contributed by atoms with van der Waals surface area (Å²) in [4.78, 5) is 2.27. The maximum Gasteiger partial charge on any atom is 0.231 e. The Bertz CT molecular complexity index is 433. The summed E-state index contributed by atoms with van der Waals surface area (Å²) >= 11 is 0. The number of nitrogens with zero attached hydrogens (tertiary/aromatic N) is 1. The number of morpholine rings is 1. The van der Waals surface area contributed by atoms with Gasteiger partial charge in [0, 0.05) is 26.2 Å². The number of hydrogen-bond acceptors (Lipinski definition) is 5. The van der Waals surface area contributed by atoms with Gasteiger partial charge in [-0.1, -0.05) is 6.07 Å². The van der Waals surface area contributed by atoms with Crippen LogP contribution in [0.2, 0.25) is 0 Å². The Morgan fingerprint density at radius 2 is 2.21 bits per heavy atom. The van der Waals surface area contributed by atoms with Crippen molar-refractivity contribution in [2.24, 2.45) is 0 Å². The van der Waals surface area contributed by atoms with E-state index in [-0.39, 0.29) is 6.10 Å². The molecule has 0 radical (unpaired) electrons. The highest BCUT2D eigenvalue weighted by Crippen LogP contribution is 2.32. The molecule has 0 spiro atoms. The average molecular weight is 264 g/mol. The van der Waals surface area contributed by atoms with Crippen LogP contribution in [0, 0.1) is 0 Å². The van der Waals surface area contributed by atoms with E-state index in [2.05, 4.69) is 29.4 Å². The van der Waals surface area contributed by atoms with E-state index in [4.69, 9.17) is 14.2 Å². The number of nitrogens with one attached hydrogen (secondary N) is 1. The van der Waals surface area contributed by atoms with Crippen LogP contribution in [0.3, 0.4) is 0 Å². The van der Waals surface area contributed by atoms with Crippen LogP contribution < -0.4 is 14.8 Å². The molecule has 1 aromatic rings. The van der Waals surface area contributed by atoms with Gasteiger partial charge >= 0.3 is 0 Å². The van der Waals surface area contributed by atoms with Gasteiger partial charge in [-0.2, -0.15) is 0 Å². The lowest BCUT2D eigenvalue weighted by Crippen LogP contribution is -2.44. The number of likely N-dealkylation sites (N-methyl/N-ethyl adjacent to an activating group) is 1. The third kappa shape index (κ3) is 3.18. The van der Waals surface area contributed by atoms with E-state index >= 15 is 0 Å². The highest BCUT2D eigenvalue weighted by Gasteiger charge is 2.17. The number of fused-ring (bicyclic) bond motifs is 1. The van der Waals surface area contributed by atoms with Crippen molar-refractivity contribution >= 4 is 0 Å². The van der Waals surface area contributed by atoms with E-state index < -0.39 is 0 Å². The van der Waals surface area contributed by atoms with Crippen molar-refractivity contribution in [2.45, 2.75) is 12.6 Å². The van der Waals surface area contributed by atoms with Crippen molar-refractivity contribution in [3.8, 4) is 11.5 Å². The zero-order valence-electron chi connectivity index (χ0n) is 11.2. The van der Waals surface area contributed by atoms with Crippen LogP contribution in [0.5, 0.6) is 11.5 Å². The summed E-state index contributed by atoms with van der Waals surface area (Å²) in [5.74, 6) is 1.69. The molecule has 5 heteroatoms. The molecule has 2 aliphatic rings. The molecule has 0 saturated carbocycles. The van der Waals surface area contributed by atoms with Crippen LogP contribution >= 0.6 is 0 Å². The summed E-state index contributed by atoms with van der Waals surface area (Å²) in [6.45, 7) is 4.85. The second-order valence-electron chi connectivity index (χ2n) is 5.08. The highest BCUT2D eigenvalue weighted by atomic mass is 16.7. The van der Waals surface area contributed by atoms with Crippen LogP contribution in [0.25, 0.3) is 0 Å². The number of rotatable bonds is 4. The van der Waals surface area contributed by atoms with Crippen LogP contribution in [0.1, 0.15) is 5.56 Å². The topological polar surface area (TPSA) is 43.0 Å². The Morgan fingerprint density at radius 1 is 1.32 bits per heavy atom. The van der Waals surface area contributed by atoms with E-state index in [1.54, 1.807) is 0 Å². The van der Waals surface area contributed by atoms with Gasteiger partial charge < -0.3 is 19.5 Å². The first-order valence-corrected chi connectivity index (χ1v) is 6.70. The summed E-state index contributed by atoms with van der Waals surface area (Å²) in [6, 6.07) is 6.12. The number of ether oxygens (including phenoxy) is 3. The Balaban J connectivity index is 1.55. The summed E-state index contributed by atoms with van der Waals surface area (Å²) < 4.78 is 16.4. The monoisotopic (exact) mass is 264 g/mol. The molecular formula is C14H20N2O3.